The maximum atomic E-state index is 6.30. The molecule has 2 aromatic rings. The summed E-state index contributed by atoms with van der Waals surface area (Å²) in [5.41, 5.74) is 2.81. The fourth-order valence-electron chi connectivity index (χ4n) is 2.16. The molecule has 2 rings (SSSR count). The van der Waals surface area contributed by atoms with Crippen LogP contribution in [0.15, 0.2) is 24.4 Å². The fraction of sp³-hybridized carbons (Fsp3) is 0.429. The molecule has 0 saturated heterocycles. The number of nitrogens with one attached hydrogen (secondary N) is 1. The first-order valence-corrected chi connectivity index (χ1v) is 6.86. The molecule has 0 fully saturated rings. The summed E-state index contributed by atoms with van der Waals surface area (Å²) >= 11 is 6.30. The van der Waals surface area contributed by atoms with Crippen molar-refractivity contribution in [3.63, 3.8) is 0 Å². The molecule has 0 amide bonds. The predicted molar refractivity (Wildman–Crippen MR) is 79.0 cm³/mol. The lowest BCUT2D eigenvalue weighted by Crippen LogP contribution is -2.24. The van der Waals surface area contributed by atoms with E-state index in [1.54, 1.807) is 13.3 Å². The van der Waals surface area contributed by atoms with Gasteiger partial charge in [0.1, 0.15) is 0 Å². The molecule has 6 heteroatoms. The number of methoxy groups -OCH3 is 1. The zero-order chi connectivity index (χ0) is 14.5. The lowest BCUT2D eigenvalue weighted by molar-refractivity contribution is 0.182. The number of hydrogen-bond acceptors (Lipinski definition) is 4. The standard InChI is InChI=1S/C14H19ClN4O/c1-10-5-4-6-12(18-10)13(16-2)14-11(15)9-17-19(14)7-8-20-3/h4-6,9,13,16H,7-8H2,1-3H3. The Kier molecular flexibility index (Phi) is 5.11. The lowest BCUT2D eigenvalue weighted by atomic mass is 10.1. The summed E-state index contributed by atoms with van der Waals surface area (Å²) in [5, 5.41) is 8.19. The van der Waals surface area contributed by atoms with E-state index in [1.165, 1.54) is 0 Å². The Morgan fingerprint density at radius 1 is 1.45 bits per heavy atom. The van der Waals surface area contributed by atoms with Crippen molar-refractivity contribution in [2.24, 2.45) is 0 Å². The number of pyridine rings is 1. The third-order valence-corrected chi connectivity index (χ3v) is 3.40. The van der Waals surface area contributed by atoms with Gasteiger partial charge in [-0.3, -0.25) is 9.67 Å². The zero-order valence-corrected chi connectivity index (χ0v) is 12.7. The Labute approximate surface area is 123 Å². The fourth-order valence-corrected chi connectivity index (χ4v) is 2.41. The second-order valence-electron chi connectivity index (χ2n) is 4.52. The van der Waals surface area contributed by atoms with E-state index < -0.39 is 0 Å². The first kappa shape index (κ1) is 15.0. The minimum atomic E-state index is -0.0956. The summed E-state index contributed by atoms with van der Waals surface area (Å²) in [5.74, 6) is 0. The van der Waals surface area contributed by atoms with Gasteiger partial charge < -0.3 is 10.1 Å². The quantitative estimate of drug-likeness (QED) is 0.887. The van der Waals surface area contributed by atoms with E-state index in [-0.39, 0.29) is 6.04 Å². The van der Waals surface area contributed by atoms with Crippen molar-refractivity contribution in [3.05, 3.63) is 46.5 Å². The first-order chi connectivity index (χ1) is 9.67. The molecule has 0 spiro atoms. The van der Waals surface area contributed by atoms with Crippen molar-refractivity contribution in [2.45, 2.75) is 19.5 Å². The van der Waals surface area contributed by atoms with Gasteiger partial charge in [-0.15, -0.1) is 0 Å². The van der Waals surface area contributed by atoms with E-state index in [4.69, 9.17) is 16.3 Å². The highest BCUT2D eigenvalue weighted by Gasteiger charge is 2.21. The molecule has 1 N–H and O–H groups in total. The average molecular weight is 295 g/mol. The molecule has 0 radical (unpaired) electrons. The molecule has 20 heavy (non-hydrogen) atoms. The van der Waals surface area contributed by atoms with E-state index in [9.17, 15) is 0 Å². The van der Waals surface area contributed by atoms with Gasteiger partial charge in [-0.1, -0.05) is 17.7 Å². The molecular weight excluding hydrogens is 276 g/mol. The van der Waals surface area contributed by atoms with Crippen LogP contribution in [-0.4, -0.2) is 35.5 Å². The molecule has 2 aromatic heterocycles. The number of aromatic nitrogens is 3. The molecular formula is C14H19ClN4O. The summed E-state index contributed by atoms with van der Waals surface area (Å²) in [7, 11) is 3.56. The van der Waals surface area contributed by atoms with Crippen LogP contribution < -0.4 is 5.32 Å². The number of nitrogens with zero attached hydrogens (tertiary/aromatic N) is 3. The maximum absolute atomic E-state index is 6.30. The van der Waals surface area contributed by atoms with Crippen molar-refractivity contribution in [2.75, 3.05) is 20.8 Å². The molecule has 2 heterocycles. The molecule has 0 bridgehead atoms. The van der Waals surface area contributed by atoms with Crippen LogP contribution in [0.3, 0.4) is 0 Å². The van der Waals surface area contributed by atoms with Crippen LogP contribution >= 0.6 is 11.6 Å². The van der Waals surface area contributed by atoms with Crippen molar-refractivity contribution in [1.82, 2.24) is 20.1 Å². The van der Waals surface area contributed by atoms with Crippen molar-refractivity contribution >= 4 is 11.6 Å². The van der Waals surface area contributed by atoms with Gasteiger partial charge in [0.2, 0.25) is 0 Å². The van der Waals surface area contributed by atoms with Crippen LogP contribution in [0.25, 0.3) is 0 Å². The average Bonchev–Trinajstić information content (AvgIpc) is 2.79. The van der Waals surface area contributed by atoms with Gasteiger partial charge in [-0.05, 0) is 26.1 Å². The molecule has 1 atom stereocenters. The molecule has 0 aliphatic rings. The number of halogens is 1. The molecule has 1 unspecified atom stereocenters. The normalized spacial score (nSPS) is 12.6. The third kappa shape index (κ3) is 3.17. The number of hydrogen-bond donors (Lipinski definition) is 1. The molecule has 5 nitrogen and oxygen atoms in total. The summed E-state index contributed by atoms with van der Waals surface area (Å²) in [6.45, 7) is 3.21. The molecule has 0 aliphatic carbocycles. The predicted octanol–water partition coefficient (Wildman–Crippen LogP) is 2.20. The van der Waals surface area contributed by atoms with Gasteiger partial charge in [-0.25, -0.2) is 0 Å². The highest BCUT2D eigenvalue weighted by atomic mass is 35.5. The van der Waals surface area contributed by atoms with Crippen molar-refractivity contribution in [3.8, 4) is 0 Å². The largest absolute Gasteiger partial charge is 0.383 e. The Balaban J connectivity index is 2.38. The van der Waals surface area contributed by atoms with Gasteiger partial charge >= 0.3 is 0 Å². The van der Waals surface area contributed by atoms with E-state index in [1.807, 2.05) is 36.9 Å². The lowest BCUT2D eigenvalue weighted by Gasteiger charge is -2.18. The molecule has 0 aromatic carbocycles. The van der Waals surface area contributed by atoms with E-state index >= 15 is 0 Å². The minimum absolute atomic E-state index is 0.0956. The molecule has 0 saturated carbocycles. The number of ether oxygens (including phenoxy) is 1. The smallest absolute Gasteiger partial charge is 0.0934 e. The van der Waals surface area contributed by atoms with E-state index in [0.29, 0.717) is 18.2 Å². The van der Waals surface area contributed by atoms with Crippen LogP contribution in [0.5, 0.6) is 0 Å². The SMILES string of the molecule is CNC(c1cccc(C)n1)c1c(Cl)cnn1CCOC. The Morgan fingerprint density at radius 2 is 2.25 bits per heavy atom. The van der Waals surface area contributed by atoms with Gasteiger partial charge in [0.05, 0.1) is 41.8 Å². The van der Waals surface area contributed by atoms with E-state index in [2.05, 4.69) is 15.4 Å². The summed E-state index contributed by atoms with van der Waals surface area (Å²) in [6, 6.07) is 5.85. The number of aryl methyl sites for hydroxylation is 1. The Hall–Kier alpha value is -1.43. The van der Waals surface area contributed by atoms with Gasteiger partial charge in [-0.2, -0.15) is 5.10 Å². The Morgan fingerprint density at radius 3 is 2.90 bits per heavy atom. The molecule has 0 aliphatic heterocycles. The van der Waals surface area contributed by atoms with Gasteiger partial charge in [0.15, 0.2) is 0 Å². The maximum Gasteiger partial charge on any atom is 0.0934 e. The van der Waals surface area contributed by atoms with Crippen LogP contribution in [-0.2, 0) is 11.3 Å². The second kappa shape index (κ2) is 6.83. The topological polar surface area (TPSA) is 52.0 Å². The van der Waals surface area contributed by atoms with Crippen LogP contribution in [0.1, 0.15) is 23.1 Å². The zero-order valence-electron chi connectivity index (χ0n) is 11.9. The highest BCUT2D eigenvalue weighted by molar-refractivity contribution is 6.31. The Bertz CT molecular complexity index is 570. The van der Waals surface area contributed by atoms with Crippen LogP contribution in [0, 0.1) is 6.92 Å². The van der Waals surface area contributed by atoms with E-state index in [0.717, 1.165) is 17.1 Å². The minimum Gasteiger partial charge on any atom is -0.383 e. The van der Waals surface area contributed by atoms with Crippen LogP contribution in [0.4, 0.5) is 0 Å². The second-order valence-corrected chi connectivity index (χ2v) is 4.93. The summed E-state index contributed by atoms with van der Waals surface area (Å²) in [4.78, 5) is 4.57. The van der Waals surface area contributed by atoms with Crippen molar-refractivity contribution < 1.29 is 4.74 Å². The third-order valence-electron chi connectivity index (χ3n) is 3.11. The van der Waals surface area contributed by atoms with Gasteiger partial charge in [0.25, 0.3) is 0 Å². The number of rotatable bonds is 6. The highest BCUT2D eigenvalue weighted by Crippen LogP contribution is 2.27. The molecule has 108 valence electrons. The summed E-state index contributed by atoms with van der Waals surface area (Å²) in [6.07, 6.45) is 1.66. The van der Waals surface area contributed by atoms with Crippen molar-refractivity contribution in [1.29, 1.82) is 0 Å². The first-order valence-electron chi connectivity index (χ1n) is 6.48. The summed E-state index contributed by atoms with van der Waals surface area (Å²) < 4.78 is 6.97. The monoisotopic (exact) mass is 294 g/mol. The van der Waals surface area contributed by atoms with Crippen LogP contribution in [0.2, 0.25) is 5.02 Å². The van der Waals surface area contributed by atoms with Gasteiger partial charge in [0, 0.05) is 12.8 Å².